The Hall–Kier alpha value is -2.70. The van der Waals surface area contributed by atoms with Gasteiger partial charge >= 0.3 is 12.3 Å². The van der Waals surface area contributed by atoms with Crippen LogP contribution in [0.4, 0.5) is 23.7 Å². The molecule has 0 aromatic heterocycles. The molecule has 134 valence electrons. The van der Waals surface area contributed by atoms with Crippen LogP contribution in [0.25, 0.3) is 0 Å². The molecule has 0 fully saturated rings. The number of anilines is 1. The van der Waals surface area contributed by atoms with Gasteiger partial charge in [-0.05, 0) is 37.3 Å². The molecule has 0 saturated heterocycles. The smallest absolute Gasteiger partial charge is 0.432 e. The van der Waals surface area contributed by atoms with Gasteiger partial charge in [0.15, 0.2) is 0 Å². The molecule has 0 amide bonds. The molecule has 0 heterocycles. The van der Waals surface area contributed by atoms with Crippen LogP contribution in [0.15, 0.2) is 54.6 Å². The lowest BCUT2D eigenvalue weighted by Crippen LogP contribution is -2.28. The highest BCUT2D eigenvalue weighted by atomic mass is 19.4. The fourth-order valence-electron chi connectivity index (χ4n) is 2.20. The maximum absolute atomic E-state index is 12.8. The quantitative estimate of drug-likeness (QED) is 0.555. The van der Waals surface area contributed by atoms with E-state index in [4.69, 9.17) is 9.47 Å². The first-order valence-corrected chi connectivity index (χ1v) is 7.72. The molecule has 2 aromatic carbocycles. The Kier molecular flexibility index (Phi) is 6.27. The molecule has 25 heavy (non-hydrogen) atoms. The highest BCUT2D eigenvalue weighted by Gasteiger charge is 2.30. The van der Waals surface area contributed by atoms with E-state index in [0.29, 0.717) is 18.0 Å². The van der Waals surface area contributed by atoms with Crippen molar-refractivity contribution in [3.8, 4) is 5.75 Å². The summed E-state index contributed by atoms with van der Waals surface area (Å²) < 4.78 is 48.3. The molecular formula is C18H18F3NO3. The lowest BCUT2D eigenvalue weighted by atomic mass is 10.2. The lowest BCUT2D eigenvalue weighted by molar-refractivity contribution is -0.137. The van der Waals surface area contributed by atoms with Gasteiger partial charge in [-0.3, -0.25) is 0 Å². The second kappa shape index (κ2) is 8.41. The van der Waals surface area contributed by atoms with Gasteiger partial charge in [-0.25, -0.2) is 4.79 Å². The first-order valence-electron chi connectivity index (χ1n) is 7.72. The van der Waals surface area contributed by atoms with E-state index in [9.17, 15) is 18.0 Å². The number of likely N-dealkylation sites (N-methyl/N-ethyl adjacent to an activating group) is 1. The maximum Gasteiger partial charge on any atom is 0.513 e. The first-order chi connectivity index (χ1) is 11.9. The summed E-state index contributed by atoms with van der Waals surface area (Å²) in [6, 6.07) is 13.5. The van der Waals surface area contributed by atoms with Gasteiger partial charge in [0.25, 0.3) is 0 Å². The van der Waals surface area contributed by atoms with E-state index in [-0.39, 0.29) is 13.2 Å². The van der Waals surface area contributed by atoms with Gasteiger partial charge in [-0.15, -0.1) is 0 Å². The molecule has 2 rings (SSSR count). The van der Waals surface area contributed by atoms with E-state index in [1.54, 1.807) is 41.3 Å². The Morgan fingerprint density at radius 3 is 2.44 bits per heavy atom. The average Bonchev–Trinajstić information content (AvgIpc) is 2.59. The van der Waals surface area contributed by atoms with Crippen LogP contribution in [0.5, 0.6) is 5.75 Å². The highest BCUT2D eigenvalue weighted by Crippen LogP contribution is 2.31. The van der Waals surface area contributed by atoms with E-state index in [2.05, 4.69) is 0 Å². The molecular weight excluding hydrogens is 335 g/mol. The van der Waals surface area contributed by atoms with Crippen LogP contribution in [0.2, 0.25) is 0 Å². The lowest BCUT2D eigenvalue weighted by Gasteiger charge is -2.23. The number of halogens is 3. The summed E-state index contributed by atoms with van der Waals surface area (Å²) in [5.74, 6) is 0.359. The molecule has 0 aliphatic heterocycles. The van der Waals surface area contributed by atoms with Crippen molar-refractivity contribution in [1.82, 2.24) is 0 Å². The normalized spacial score (nSPS) is 11.0. The molecule has 0 aliphatic rings. The molecule has 7 heteroatoms. The summed E-state index contributed by atoms with van der Waals surface area (Å²) in [5, 5.41) is 0. The van der Waals surface area contributed by atoms with Crippen LogP contribution in [0.1, 0.15) is 12.5 Å². The van der Waals surface area contributed by atoms with Crippen molar-refractivity contribution < 1.29 is 27.4 Å². The average molecular weight is 353 g/mol. The van der Waals surface area contributed by atoms with Crippen molar-refractivity contribution in [2.45, 2.75) is 13.1 Å². The van der Waals surface area contributed by atoms with Gasteiger partial charge in [0.2, 0.25) is 0 Å². The zero-order chi connectivity index (χ0) is 18.3. The van der Waals surface area contributed by atoms with Crippen molar-refractivity contribution in [1.29, 1.82) is 0 Å². The van der Waals surface area contributed by atoms with Crippen LogP contribution < -0.4 is 9.64 Å². The minimum atomic E-state index is -4.40. The van der Waals surface area contributed by atoms with Crippen molar-refractivity contribution in [2.75, 3.05) is 24.6 Å². The zero-order valence-electron chi connectivity index (χ0n) is 13.6. The van der Waals surface area contributed by atoms with E-state index in [1.807, 2.05) is 6.92 Å². The zero-order valence-corrected chi connectivity index (χ0v) is 13.6. The van der Waals surface area contributed by atoms with E-state index in [1.165, 1.54) is 6.07 Å². The minimum Gasteiger partial charge on any atom is -0.432 e. The van der Waals surface area contributed by atoms with Crippen LogP contribution in [-0.4, -0.2) is 25.9 Å². The molecule has 0 radical (unpaired) electrons. The van der Waals surface area contributed by atoms with Crippen LogP contribution >= 0.6 is 0 Å². The summed E-state index contributed by atoms with van der Waals surface area (Å²) in [5.41, 5.74) is -0.301. The van der Waals surface area contributed by atoms with Gasteiger partial charge in [0.05, 0.1) is 12.1 Å². The number of alkyl halides is 3. The van der Waals surface area contributed by atoms with Crippen LogP contribution in [0.3, 0.4) is 0 Å². The van der Waals surface area contributed by atoms with Crippen LogP contribution in [-0.2, 0) is 10.9 Å². The van der Waals surface area contributed by atoms with Crippen LogP contribution in [0, 0.1) is 0 Å². The molecule has 4 nitrogen and oxygen atoms in total. The minimum absolute atomic E-state index is 0.00421. The summed E-state index contributed by atoms with van der Waals surface area (Å²) in [7, 11) is 0. The second-order valence-electron chi connectivity index (χ2n) is 5.14. The number of carbonyl (C=O) groups is 1. The molecule has 0 N–H and O–H groups in total. The summed E-state index contributed by atoms with van der Waals surface area (Å²) in [6.45, 7) is 2.53. The fourth-order valence-corrected chi connectivity index (χ4v) is 2.20. The van der Waals surface area contributed by atoms with Gasteiger partial charge in [-0.1, -0.05) is 24.3 Å². The Bertz CT molecular complexity index is 689. The molecule has 0 aliphatic carbocycles. The molecule has 0 spiro atoms. The molecule has 0 atom stereocenters. The van der Waals surface area contributed by atoms with Gasteiger partial charge in [-0.2, -0.15) is 13.2 Å². The Labute approximate surface area is 143 Å². The SMILES string of the molecule is CCN(CCOC(=O)Oc1ccccc1)c1cccc(C(F)(F)F)c1. The summed E-state index contributed by atoms with van der Waals surface area (Å²) in [4.78, 5) is 13.3. The van der Waals surface area contributed by atoms with E-state index in [0.717, 1.165) is 12.1 Å². The van der Waals surface area contributed by atoms with Crippen molar-refractivity contribution in [3.05, 3.63) is 60.2 Å². The van der Waals surface area contributed by atoms with E-state index >= 15 is 0 Å². The first kappa shape index (κ1) is 18.6. The third-order valence-corrected chi connectivity index (χ3v) is 3.45. The monoisotopic (exact) mass is 353 g/mol. The van der Waals surface area contributed by atoms with Gasteiger partial charge in [0, 0.05) is 12.2 Å². The predicted molar refractivity (Wildman–Crippen MR) is 87.7 cm³/mol. The summed E-state index contributed by atoms with van der Waals surface area (Å²) >= 11 is 0. The van der Waals surface area contributed by atoms with E-state index < -0.39 is 17.9 Å². The Balaban J connectivity index is 1.89. The van der Waals surface area contributed by atoms with Crippen molar-refractivity contribution in [3.63, 3.8) is 0 Å². The third-order valence-electron chi connectivity index (χ3n) is 3.45. The largest absolute Gasteiger partial charge is 0.513 e. The highest BCUT2D eigenvalue weighted by molar-refractivity contribution is 5.63. The molecule has 2 aromatic rings. The number of benzene rings is 2. The van der Waals surface area contributed by atoms with Gasteiger partial charge < -0.3 is 14.4 Å². The van der Waals surface area contributed by atoms with Crippen molar-refractivity contribution >= 4 is 11.8 Å². The second-order valence-corrected chi connectivity index (χ2v) is 5.14. The fraction of sp³-hybridized carbons (Fsp3) is 0.278. The number of para-hydroxylation sites is 1. The maximum atomic E-state index is 12.8. The number of ether oxygens (including phenoxy) is 2. The molecule has 0 saturated carbocycles. The number of nitrogens with zero attached hydrogens (tertiary/aromatic N) is 1. The van der Waals surface area contributed by atoms with Gasteiger partial charge in [0.1, 0.15) is 12.4 Å². The number of hydrogen-bond donors (Lipinski definition) is 0. The van der Waals surface area contributed by atoms with Crippen molar-refractivity contribution in [2.24, 2.45) is 0 Å². The topological polar surface area (TPSA) is 38.8 Å². The molecule has 0 bridgehead atoms. The number of rotatable bonds is 6. The Morgan fingerprint density at radius 1 is 1.08 bits per heavy atom. The number of carbonyl (C=O) groups excluding carboxylic acids is 1. The molecule has 0 unspecified atom stereocenters. The number of hydrogen-bond acceptors (Lipinski definition) is 4. The standard InChI is InChI=1S/C18H18F3NO3/c1-2-22(15-8-6-7-14(13-15)18(19,20)21)11-12-24-17(23)25-16-9-4-3-5-10-16/h3-10,13H,2,11-12H2,1H3. The third kappa shape index (κ3) is 5.70. The Morgan fingerprint density at radius 2 is 1.80 bits per heavy atom. The summed E-state index contributed by atoms with van der Waals surface area (Å²) in [6.07, 6.45) is -5.25. The predicted octanol–water partition coefficient (Wildman–Crippen LogP) is 4.75.